The van der Waals surface area contributed by atoms with Crippen LogP contribution >= 0.6 is 0 Å². The smallest absolute Gasteiger partial charge is 0.311 e. The maximum Gasteiger partial charge on any atom is 0.311 e. The molecular weight excluding hydrogens is 258 g/mol. The average molecular weight is 279 g/mol. The minimum absolute atomic E-state index is 0.202. The van der Waals surface area contributed by atoms with Gasteiger partial charge >= 0.3 is 5.97 Å². The van der Waals surface area contributed by atoms with E-state index in [1.54, 1.807) is 17.0 Å². The molecule has 1 aromatic rings. The Morgan fingerprint density at radius 1 is 1.45 bits per heavy atom. The molecule has 110 valence electrons. The van der Waals surface area contributed by atoms with Gasteiger partial charge in [0.15, 0.2) is 5.82 Å². The third-order valence-corrected chi connectivity index (χ3v) is 4.11. The fourth-order valence-electron chi connectivity index (χ4n) is 2.77. The summed E-state index contributed by atoms with van der Waals surface area (Å²) < 4.78 is 1.55. The quantitative estimate of drug-likeness (QED) is 0.857. The van der Waals surface area contributed by atoms with Crippen LogP contribution in [0.3, 0.4) is 0 Å². The Morgan fingerprint density at radius 3 is 2.75 bits per heavy atom. The zero-order chi connectivity index (χ0) is 14.6. The van der Waals surface area contributed by atoms with Crippen LogP contribution in [0.5, 0.6) is 0 Å². The minimum Gasteiger partial charge on any atom is -0.481 e. The van der Waals surface area contributed by atoms with Gasteiger partial charge in [-0.3, -0.25) is 9.59 Å². The van der Waals surface area contributed by atoms with Crippen LogP contribution in [0.2, 0.25) is 0 Å². The van der Waals surface area contributed by atoms with Gasteiger partial charge in [0.25, 0.3) is 5.56 Å². The van der Waals surface area contributed by atoms with Crippen LogP contribution in [0.15, 0.2) is 17.2 Å². The lowest BCUT2D eigenvalue weighted by atomic mass is 9.74. The number of aliphatic carboxylic acids is 1. The van der Waals surface area contributed by atoms with E-state index in [9.17, 15) is 14.7 Å². The summed E-state index contributed by atoms with van der Waals surface area (Å²) in [6.07, 6.45) is 7.43. The van der Waals surface area contributed by atoms with Crippen molar-refractivity contribution in [3.8, 4) is 0 Å². The van der Waals surface area contributed by atoms with E-state index in [0.29, 0.717) is 19.4 Å². The molecule has 1 aliphatic rings. The SMILES string of the molecule is CCn1ccnc(NCC2(C(=O)O)CCCCC2)c1=O. The highest BCUT2D eigenvalue weighted by Crippen LogP contribution is 2.36. The maximum absolute atomic E-state index is 12.0. The Kier molecular flexibility index (Phi) is 4.42. The van der Waals surface area contributed by atoms with Crippen molar-refractivity contribution in [3.63, 3.8) is 0 Å². The number of hydrogen-bond donors (Lipinski definition) is 2. The van der Waals surface area contributed by atoms with Gasteiger partial charge in [-0.2, -0.15) is 0 Å². The van der Waals surface area contributed by atoms with Gasteiger partial charge in [-0.1, -0.05) is 19.3 Å². The molecule has 1 aliphatic carbocycles. The van der Waals surface area contributed by atoms with Crippen molar-refractivity contribution in [1.82, 2.24) is 9.55 Å². The fraction of sp³-hybridized carbons (Fsp3) is 0.643. The van der Waals surface area contributed by atoms with Crippen LogP contribution in [0.4, 0.5) is 5.82 Å². The van der Waals surface area contributed by atoms with Crippen molar-refractivity contribution in [1.29, 1.82) is 0 Å². The van der Waals surface area contributed by atoms with Crippen LogP contribution in [-0.4, -0.2) is 27.2 Å². The first kappa shape index (κ1) is 14.6. The normalized spacial score (nSPS) is 17.6. The Bertz CT molecular complexity index is 533. The first-order valence-corrected chi connectivity index (χ1v) is 7.12. The van der Waals surface area contributed by atoms with Crippen molar-refractivity contribution in [2.24, 2.45) is 5.41 Å². The van der Waals surface area contributed by atoms with E-state index in [4.69, 9.17) is 0 Å². The first-order valence-electron chi connectivity index (χ1n) is 7.12. The summed E-state index contributed by atoms with van der Waals surface area (Å²) in [5.74, 6) is -0.544. The molecule has 1 fully saturated rings. The number of aryl methyl sites for hydroxylation is 1. The second-order valence-electron chi connectivity index (χ2n) is 5.37. The summed E-state index contributed by atoms with van der Waals surface area (Å²) in [6, 6.07) is 0. The summed E-state index contributed by atoms with van der Waals surface area (Å²) in [6.45, 7) is 2.71. The Hall–Kier alpha value is -1.85. The topological polar surface area (TPSA) is 84.2 Å². The monoisotopic (exact) mass is 279 g/mol. The molecule has 1 heterocycles. The number of nitrogens with zero attached hydrogens (tertiary/aromatic N) is 2. The molecule has 0 saturated heterocycles. The highest BCUT2D eigenvalue weighted by atomic mass is 16.4. The number of carboxylic acid groups (broad SMARTS) is 1. The molecule has 0 aliphatic heterocycles. The second kappa shape index (κ2) is 6.07. The summed E-state index contributed by atoms with van der Waals surface area (Å²) in [5.41, 5.74) is -0.967. The van der Waals surface area contributed by atoms with E-state index in [-0.39, 0.29) is 17.9 Å². The van der Waals surface area contributed by atoms with E-state index in [1.165, 1.54) is 0 Å². The maximum atomic E-state index is 12.0. The molecule has 0 unspecified atom stereocenters. The van der Waals surface area contributed by atoms with E-state index in [1.807, 2.05) is 6.92 Å². The number of anilines is 1. The van der Waals surface area contributed by atoms with Crippen LogP contribution in [0.1, 0.15) is 39.0 Å². The van der Waals surface area contributed by atoms with Gasteiger partial charge in [0.1, 0.15) is 0 Å². The van der Waals surface area contributed by atoms with Gasteiger partial charge < -0.3 is 15.0 Å². The molecule has 0 bridgehead atoms. The minimum atomic E-state index is -0.781. The molecule has 20 heavy (non-hydrogen) atoms. The molecule has 2 rings (SSSR count). The van der Waals surface area contributed by atoms with Crippen molar-refractivity contribution >= 4 is 11.8 Å². The van der Waals surface area contributed by atoms with Gasteiger partial charge in [-0.05, 0) is 19.8 Å². The molecule has 0 radical (unpaired) electrons. The van der Waals surface area contributed by atoms with Gasteiger partial charge in [-0.25, -0.2) is 4.98 Å². The number of hydrogen-bond acceptors (Lipinski definition) is 4. The summed E-state index contributed by atoms with van der Waals surface area (Å²) in [5, 5.41) is 12.4. The van der Waals surface area contributed by atoms with E-state index >= 15 is 0 Å². The van der Waals surface area contributed by atoms with Crippen LogP contribution in [-0.2, 0) is 11.3 Å². The molecule has 0 spiro atoms. The lowest BCUT2D eigenvalue weighted by Gasteiger charge is -2.33. The van der Waals surface area contributed by atoms with Gasteiger partial charge in [0.2, 0.25) is 0 Å². The van der Waals surface area contributed by atoms with Crippen LogP contribution in [0.25, 0.3) is 0 Å². The Balaban J connectivity index is 2.14. The van der Waals surface area contributed by atoms with Crippen LogP contribution < -0.4 is 10.9 Å². The molecule has 1 aromatic heterocycles. The predicted octanol–water partition coefficient (Wildman–Crippen LogP) is 1.71. The first-order chi connectivity index (χ1) is 9.59. The number of carbonyl (C=O) groups is 1. The van der Waals surface area contributed by atoms with E-state index < -0.39 is 11.4 Å². The molecule has 6 nitrogen and oxygen atoms in total. The standard InChI is InChI=1S/C14H21N3O3/c1-2-17-9-8-15-11(12(17)18)16-10-14(13(19)20)6-4-3-5-7-14/h8-9H,2-7,10H2,1H3,(H,15,16)(H,19,20). The number of nitrogens with one attached hydrogen (secondary N) is 1. The largest absolute Gasteiger partial charge is 0.481 e. The van der Waals surface area contributed by atoms with E-state index in [0.717, 1.165) is 19.3 Å². The van der Waals surface area contributed by atoms with Crippen LogP contribution in [0, 0.1) is 5.41 Å². The molecule has 0 atom stereocenters. The second-order valence-corrected chi connectivity index (χ2v) is 5.37. The lowest BCUT2D eigenvalue weighted by Crippen LogP contribution is -2.40. The molecule has 0 aromatic carbocycles. The molecular formula is C14H21N3O3. The summed E-state index contributed by atoms with van der Waals surface area (Å²) in [4.78, 5) is 27.6. The molecule has 0 amide bonds. The fourth-order valence-corrected chi connectivity index (χ4v) is 2.77. The Labute approximate surface area is 117 Å². The zero-order valence-electron chi connectivity index (χ0n) is 11.8. The highest BCUT2D eigenvalue weighted by molar-refractivity contribution is 5.75. The predicted molar refractivity (Wildman–Crippen MR) is 75.8 cm³/mol. The number of aromatic nitrogens is 2. The van der Waals surface area contributed by atoms with E-state index in [2.05, 4.69) is 10.3 Å². The van der Waals surface area contributed by atoms with Crippen molar-refractivity contribution < 1.29 is 9.90 Å². The van der Waals surface area contributed by atoms with Crippen molar-refractivity contribution in [2.75, 3.05) is 11.9 Å². The summed E-state index contributed by atoms with van der Waals surface area (Å²) in [7, 11) is 0. The molecule has 1 saturated carbocycles. The van der Waals surface area contributed by atoms with Gasteiger partial charge in [0, 0.05) is 25.5 Å². The number of carboxylic acids is 1. The zero-order valence-corrected chi connectivity index (χ0v) is 11.8. The third-order valence-electron chi connectivity index (χ3n) is 4.11. The average Bonchev–Trinajstić information content (AvgIpc) is 2.47. The highest BCUT2D eigenvalue weighted by Gasteiger charge is 2.39. The van der Waals surface area contributed by atoms with Crippen molar-refractivity contribution in [2.45, 2.75) is 45.6 Å². The molecule has 2 N–H and O–H groups in total. The van der Waals surface area contributed by atoms with Crippen molar-refractivity contribution in [3.05, 3.63) is 22.7 Å². The molecule has 6 heteroatoms. The van der Waals surface area contributed by atoms with Gasteiger partial charge in [0.05, 0.1) is 5.41 Å². The Morgan fingerprint density at radius 2 is 2.15 bits per heavy atom. The number of rotatable bonds is 5. The third kappa shape index (κ3) is 2.84. The van der Waals surface area contributed by atoms with Gasteiger partial charge in [-0.15, -0.1) is 0 Å². The summed E-state index contributed by atoms with van der Waals surface area (Å²) >= 11 is 0. The lowest BCUT2D eigenvalue weighted by molar-refractivity contribution is -0.150.